The lowest BCUT2D eigenvalue weighted by atomic mass is 9.99. The average molecular weight is 312 g/mol. The van der Waals surface area contributed by atoms with E-state index in [1.165, 1.54) is 25.9 Å². The van der Waals surface area contributed by atoms with Gasteiger partial charge in [-0.25, -0.2) is 0 Å². The molecular formula is C17H26ClNO2. The molecule has 0 aliphatic carbocycles. The van der Waals surface area contributed by atoms with Gasteiger partial charge < -0.3 is 9.47 Å². The Kier molecular flexibility index (Phi) is 8.24. The maximum Gasteiger partial charge on any atom is 0.161 e. The van der Waals surface area contributed by atoms with E-state index in [9.17, 15) is 0 Å². The van der Waals surface area contributed by atoms with Gasteiger partial charge >= 0.3 is 0 Å². The quantitative estimate of drug-likeness (QED) is 0.746. The Morgan fingerprint density at radius 3 is 2.48 bits per heavy atom. The highest BCUT2D eigenvalue weighted by Gasteiger charge is 2.13. The van der Waals surface area contributed by atoms with Gasteiger partial charge in [-0.15, -0.1) is 12.4 Å². The summed E-state index contributed by atoms with van der Waals surface area (Å²) in [6.45, 7) is 6.40. The number of ether oxygens (including phenoxy) is 2. The molecule has 0 N–H and O–H groups in total. The molecule has 0 saturated carbocycles. The molecule has 0 unspecified atom stereocenters. The van der Waals surface area contributed by atoms with Gasteiger partial charge in [-0.3, -0.25) is 4.90 Å². The Balaban J connectivity index is 0.00000220. The van der Waals surface area contributed by atoms with Gasteiger partial charge in [0.25, 0.3) is 0 Å². The van der Waals surface area contributed by atoms with E-state index in [1.807, 2.05) is 24.3 Å². The van der Waals surface area contributed by atoms with Crippen molar-refractivity contribution >= 4 is 12.4 Å². The van der Waals surface area contributed by atoms with Crippen molar-refractivity contribution in [1.82, 2.24) is 4.90 Å². The summed E-state index contributed by atoms with van der Waals surface area (Å²) in [4.78, 5) is 2.50. The van der Waals surface area contributed by atoms with E-state index in [0.717, 1.165) is 24.0 Å². The van der Waals surface area contributed by atoms with Gasteiger partial charge in [0.2, 0.25) is 0 Å². The number of halogens is 1. The molecule has 1 heterocycles. The molecule has 1 aromatic rings. The number of hydrogen-bond acceptors (Lipinski definition) is 3. The summed E-state index contributed by atoms with van der Waals surface area (Å²) in [5.41, 5.74) is 0. The lowest BCUT2D eigenvalue weighted by molar-refractivity contribution is 0.210. The van der Waals surface area contributed by atoms with Crippen molar-refractivity contribution in [3.8, 4) is 11.5 Å². The molecule has 0 atom stereocenters. The third-order valence-corrected chi connectivity index (χ3v) is 3.81. The lowest BCUT2D eigenvalue weighted by Crippen LogP contribution is -2.32. The van der Waals surface area contributed by atoms with Crippen molar-refractivity contribution in [3.63, 3.8) is 0 Å². The monoisotopic (exact) mass is 311 g/mol. The molecule has 0 aromatic heterocycles. The number of hydrogen-bond donors (Lipinski definition) is 0. The number of rotatable bonds is 6. The van der Waals surface area contributed by atoms with Crippen LogP contribution < -0.4 is 9.47 Å². The smallest absolute Gasteiger partial charge is 0.161 e. The van der Waals surface area contributed by atoms with Crippen molar-refractivity contribution in [2.24, 2.45) is 5.92 Å². The first-order chi connectivity index (χ1) is 9.79. The van der Waals surface area contributed by atoms with Crippen molar-refractivity contribution in [1.29, 1.82) is 0 Å². The second-order valence-electron chi connectivity index (χ2n) is 5.42. The lowest BCUT2D eigenvalue weighted by Gasteiger charge is -2.29. The minimum atomic E-state index is 0. The van der Waals surface area contributed by atoms with Gasteiger partial charge in [-0.1, -0.05) is 31.2 Å². The predicted molar refractivity (Wildman–Crippen MR) is 89.7 cm³/mol. The van der Waals surface area contributed by atoms with Crippen molar-refractivity contribution in [2.45, 2.75) is 19.8 Å². The first-order valence-electron chi connectivity index (χ1n) is 7.42. The first-order valence-corrected chi connectivity index (χ1v) is 7.42. The number of methoxy groups -OCH3 is 1. The van der Waals surface area contributed by atoms with Crippen LogP contribution in [0.4, 0.5) is 0 Å². The largest absolute Gasteiger partial charge is 0.493 e. The van der Waals surface area contributed by atoms with Crippen LogP contribution in [0, 0.1) is 5.92 Å². The molecule has 4 heteroatoms. The second-order valence-corrected chi connectivity index (χ2v) is 5.42. The van der Waals surface area contributed by atoms with E-state index in [1.54, 1.807) is 7.11 Å². The molecule has 1 fully saturated rings. The average Bonchev–Trinajstić information content (AvgIpc) is 2.49. The zero-order valence-corrected chi connectivity index (χ0v) is 13.8. The summed E-state index contributed by atoms with van der Waals surface area (Å²) in [6, 6.07) is 7.74. The molecule has 0 spiro atoms. The summed E-state index contributed by atoms with van der Waals surface area (Å²) in [5, 5.41) is 0. The van der Waals surface area contributed by atoms with Crippen LogP contribution in [0.25, 0.3) is 0 Å². The molecule has 0 amide bonds. The summed E-state index contributed by atoms with van der Waals surface area (Å²) >= 11 is 0. The fourth-order valence-electron chi connectivity index (χ4n) is 2.41. The molecule has 21 heavy (non-hydrogen) atoms. The molecule has 1 aliphatic heterocycles. The van der Waals surface area contributed by atoms with Gasteiger partial charge in [-0.05, 0) is 44.0 Å². The summed E-state index contributed by atoms with van der Waals surface area (Å²) in [5.74, 6) is 2.47. The van der Waals surface area contributed by atoms with E-state index in [0.29, 0.717) is 6.61 Å². The molecular weight excluding hydrogens is 286 g/mol. The highest BCUT2D eigenvalue weighted by atomic mass is 35.5. The summed E-state index contributed by atoms with van der Waals surface area (Å²) in [6.07, 6.45) is 6.94. The number of nitrogens with zero attached hydrogens (tertiary/aromatic N) is 1. The Morgan fingerprint density at radius 1 is 1.14 bits per heavy atom. The van der Waals surface area contributed by atoms with Gasteiger partial charge in [0.15, 0.2) is 11.5 Å². The fraction of sp³-hybridized carbons (Fsp3) is 0.529. The fourth-order valence-corrected chi connectivity index (χ4v) is 2.41. The Labute approximate surface area is 134 Å². The SMILES string of the molecule is COc1ccccc1OC/C=C/CN1CCC(C)CC1.Cl. The molecule has 1 aromatic carbocycles. The number of para-hydroxylation sites is 2. The van der Waals surface area contributed by atoms with Crippen LogP contribution in [-0.4, -0.2) is 38.3 Å². The normalized spacial score (nSPS) is 16.7. The van der Waals surface area contributed by atoms with Crippen LogP contribution in [0.1, 0.15) is 19.8 Å². The van der Waals surface area contributed by atoms with Crippen molar-refractivity contribution in [2.75, 3.05) is 33.4 Å². The second kappa shape index (κ2) is 9.69. The van der Waals surface area contributed by atoms with Gasteiger partial charge in [0.05, 0.1) is 7.11 Å². The van der Waals surface area contributed by atoms with Crippen LogP contribution >= 0.6 is 12.4 Å². The zero-order chi connectivity index (χ0) is 14.2. The van der Waals surface area contributed by atoms with Gasteiger partial charge in [0, 0.05) is 6.54 Å². The van der Waals surface area contributed by atoms with Gasteiger partial charge in [-0.2, -0.15) is 0 Å². The van der Waals surface area contributed by atoms with Crippen molar-refractivity contribution in [3.05, 3.63) is 36.4 Å². The maximum atomic E-state index is 5.70. The highest BCUT2D eigenvalue weighted by molar-refractivity contribution is 5.85. The minimum Gasteiger partial charge on any atom is -0.493 e. The molecule has 118 valence electrons. The van der Waals surface area contributed by atoms with E-state index in [-0.39, 0.29) is 12.4 Å². The van der Waals surface area contributed by atoms with Crippen LogP contribution in [0.3, 0.4) is 0 Å². The van der Waals surface area contributed by atoms with E-state index < -0.39 is 0 Å². The van der Waals surface area contributed by atoms with Crippen LogP contribution in [-0.2, 0) is 0 Å². The third-order valence-electron chi connectivity index (χ3n) is 3.81. The number of likely N-dealkylation sites (tertiary alicyclic amines) is 1. The Morgan fingerprint density at radius 2 is 1.81 bits per heavy atom. The molecule has 1 aliphatic rings. The maximum absolute atomic E-state index is 5.70. The Hall–Kier alpha value is -1.19. The third kappa shape index (κ3) is 5.98. The van der Waals surface area contributed by atoms with Gasteiger partial charge in [0.1, 0.15) is 6.61 Å². The number of benzene rings is 1. The number of piperidine rings is 1. The van der Waals surface area contributed by atoms with Crippen molar-refractivity contribution < 1.29 is 9.47 Å². The van der Waals surface area contributed by atoms with E-state index in [4.69, 9.17) is 9.47 Å². The summed E-state index contributed by atoms with van der Waals surface area (Å²) in [7, 11) is 1.66. The molecule has 1 saturated heterocycles. The van der Waals surface area contributed by atoms with Crippen LogP contribution in [0.15, 0.2) is 36.4 Å². The van der Waals surface area contributed by atoms with Crippen LogP contribution in [0.5, 0.6) is 11.5 Å². The molecule has 3 nitrogen and oxygen atoms in total. The van der Waals surface area contributed by atoms with Crippen LogP contribution in [0.2, 0.25) is 0 Å². The predicted octanol–water partition coefficient (Wildman–Crippen LogP) is 3.78. The zero-order valence-electron chi connectivity index (χ0n) is 13.0. The highest BCUT2D eigenvalue weighted by Crippen LogP contribution is 2.25. The summed E-state index contributed by atoms with van der Waals surface area (Å²) < 4.78 is 11.0. The molecule has 2 rings (SSSR count). The van der Waals surface area contributed by atoms with E-state index >= 15 is 0 Å². The standard InChI is InChI=1S/C17H25NO2.ClH/c1-15-9-12-18(13-10-15)11-5-6-14-20-17-8-4-3-7-16(17)19-2;/h3-8,15H,9-14H2,1-2H3;1H/b6-5+;. The Bertz CT molecular complexity index is 429. The first kappa shape index (κ1) is 17.9. The minimum absolute atomic E-state index is 0. The topological polar surface area (TPSA) is 21.7 Å². The molecule has 0 bridgehead atoms. The molecule has 0 radical (unpaired) electrons. The van der Waals surface area contributed by atoms with E-state index in [2.05, 4.69) is 24.0 Å².